The number of methoxy groups -OCH3 is 1. The molecule has 0 bridgehead atoms. The largest absolute Gasteiger partial charge is 0.396 e. The minimum Gasteiger partial charge on any atom is -0.396 e. The zero-order chi connectivity index (χ0) is 9.19. The minimum atomic E-state index is -0.0816. The summed E-state index contributed by atoms with van der Waals surface area (Å²) in [7, 11) is 3.81. The summed E-state index contributed by atoms with van der Waals surface area (Å²) in [6, 6.07) is 0. The third kappa shape index (κ3) is 1.79. The Kier molecular flexibility index (Phi) is 3.09. The van der Waals surface area contributed by atoms with Crippen LogP contribution in [0.1, 0.15) is 13.3 Å². The highest BCUT2D eigenvalue weighted by Gasteiger charge is 2.38. The van der Waals surface area contributed by atoms with Gasteiger partial charge < -0.3 is 14.7 Å². The van der Waals surface area contributed by atoms with Gasteiger partial charge in [0.05, 0.1) is 12.7 Å². The summed E-state index contributed by atoms with van der Waals surface area (Å²) in [6.07, 6.45) is 1.23. The fraction of sp³-hybridized carbons (Fsp3) is 1.00. The van der Waals surface area contributed by atoms with Gasteiger partial charge in [0.15, 0.2) is 0 Å². The Bertz CT molecular complexity index is 151. The van der Waals surface area contributed by atoms with E-state index in [1.54, 1.807) is 7.11 Å². The van der Waals surface area contributed by atoms with E-state index in [0.29, 0.717) is 0 Å². The number of piperidine rings is 1. The molecule has 12 heavy (non-hydrogen) atoms. The zero-order valence-corrected chi connectivity index (χ0v) is 8.21. The molecule has 1 heterocycles. The van der Waals surface area contributed by atoms with Crippen molar-refractivity contribution in [2.45, 2.75) is 19.4 Å². The summed E-state index contributed by atoms with van der Waals surface area (Å²) >= 11 is 0. The van der Waals surface area contributed by atoms with Crippen LogP contribution in [-0.4, -0.2) is 50.0 Å². The van der Waals surface area contributed by atoms with Gasteiger partial charge in [0.2, 0.25) is 0 Å². The van der Waals surface area contributed by atoms with Gasteiger partial charge in [-0.25, -0.2) is 0 Å². The maximum absolute atomic E-state index is 9.26. The van der Waals surface area contributed by atoms with Gasteiger partial charge in [0.1, 0.15) is 0 Å². The average Bonchev–Trinajstić information content (AvgIpc) is 2.05. The third-order valence-corrected chi connectivity index (χ3v) is 2.83. The minimum absolute atomic E-state index is 0.0816. The summed E-state index contributed by atoms with van der Waals surface area (Å²) in [5.74, 6) is 0. The molecule has 0 aromatic heterocycles. The van der Waals surface area contributed by atoms with Crippen LogP contribution in [0.3, 0.4) is 0 Å². The van der Waals surface area contributed by atoms with Gasteiger partial charge in [-0.3, -0.25) is 0 Å². The fourth-order valence-electron chi connectivity index (χ4n) is 2.04. The van der Waals surface area contributed by atoms with Gasteiger partial charge >= 0.3 is 0 Å². The first-order chi connectivity index (χ1) is 5.62. The van der Waals surface area contributed by atoms with E-state index in [1.807, 2.05) is 0 Å². The molecule has 1 aliphatic heterocycles. The topological polar surface area (TPSA) is 32.7 Å². The van der Waals surface area contributed by atoms with Crippen molar-refractivity contribution in [2.75, 3.05) is 33.9 Å². The van der Waals surface area contributed by atoms with E-state index in [1.165, 1.54) is 0 Å². The zero-order valence-electron chi connectivity index (χ0n) is 8.21. The number of nitrogens with zero attached hydrogens (tertiary/aromatic N) is 1. The maximum atomic E-state index is 9.26. The lowest BCUT2D eigenvalue weighted by molar-refractivity contribution is -0.0790. The van der Waals surface area contributed by atoms with Crippen molar-refractivity contribution in [3.63, 3.8) is 0 Å². The van der Waals surface area contributed by atoms with Crippen molar-refractivity contribution in [2.24, 2.45) is 5.41 Å². The lowest BCUT2D eigenvalue weighted by Gasteiger charge is -2.43. The highest BCUT2D eigenvalue weighted by molar-refractivity contribution is 4.89. The molecule has 72 valence electrons. The lowest BCUT2D eigenvalue weighted by atomic mass is 9.80. The highest BCUT2D eigenvalue weighted by atomic mass is 16.5. The van der Waals surface area contributed by atoms with E-state index in [-0.39, 0.29) is 18.1 Å². The highest BCUT2D eigenvalue weighted by Crippen LogP contribution is 2.30. The van der Waals surface area contributed by atoms with E-state index in [2.05, 4.69) is 18.9 Å². The number of hydrogen-bond acceptors (Lipinski definition) is 3. The Labute approximate surface area is 74.3 Å². The standard InChI is InChI=1S/C9H19NO2/c1-9(7-11)6-10(2)5-4-8(9)12-3/h8,11H,4-7H2,1-3H3/t8-,9-/m0/s1. The van der Waals surface area contributed by atoms with Crippen molar-refractivity contribution < 1.29 is 9.84 Å². The molecule has 0 unspecified atom stereocenters. The fourth-order valence-corrected chi connectivity index (χ4v) is 2.04. The molecule has 0 amide bonds. The molecule has 0 aromatic carbocycles. The first-order valence-corrected chi connectivity index (χ1v) is 4.44. The molecule has 1 saturated heterocycles. The molecule has 3 heteroatoms. The Hall–Kier alpha value is -0.120. The number of likely N-dealkylation sites (tertiary alicyclic amines) is 1. The summed E-state index contributed by atoms with van der Waals surface area (Å²) in [4.78, 5) is 2.24. The molecular formula is C9H19NO2. The lowest BCUT2D eigenvalue weighted by Crippen LogP contribution is -2.51. The number of aliphatic hydroxyl groups excluding tert-OH is 1. The molecule has 1 N–H and O–H groups in total. The monoisotopic (exact) mass is 173 g/mol. The van der Waals surface area contributed by atoms with Gasteiger partial charge in [-0.2, -0.15) is 0 Å². The Morgan fingerprint density at radius 1 is 1.67 bits per heavy atom. The van der Waals surface area contributed by atoms with Crippen molar-refractivity contribution >= 4 is 0 Å². The van der Waals surface area contributed by atoms with Crippen molar-refractivity contribution in [1.82, 2.24) is 4.90 Å². The molecule has 0 saturated carbocycles. The second-order valence-electron chi connectivity index (χ2n) is 4.06. The van der Waals surface area contributed by atoms with E-state index >= 15 is 0 Å². The number of rotatable bonds is 2. The molecule has 0 aromatic rings. The number of ether oxygens (including phenoxy) is 1. The molecule has 2 atom stereocenters. The molecule has 0 aliphatic carbocycles. The molecule has 0 spiro atoms. The summed E-state index contributed by atoms with van der Waals surface area (Å²) in [5.41, 5.74) is -0.0816. The maximum Gasteiger partial charge on any atom is 0.0671 e. The second kappa shape index (κ2) is 3.73. The molecule has 1 fully saturated rings. The van der Waals surface area contributed by atoms with Crippen molar-refractivity contribution in [3.05, 3.63) is 0 Å². The van der Waals surface area contributed by atoms with E-state index < -0.39 is 0 Å². The van der Waals surface area contributed by atoms with Gasteiger partial charge in [0.25, 0.3) is 0 Å². The third-order valence-electron chi connectivity index (χ3n) is 2.83. The van der Waals surface area contributed by atoms with E-state index in [0.717, 1.165) is 19.5 Å². The first-order valence-electron chi connectivity index (χ1n) is 4.44. The van der Waals surface area contributed by atoms with Crippen LogP contribution in [0.15, 0.2) is 0 Å². The van der Waals surface area contributed by atoms with Crippen LogP contribution in [0, 0.1) is 5.41 Å². The summed E-state index contributed by atoms with van der Waals surface area (Å²) in [5, 5.41) is 9.26. The van der Waals surface area contributed by atoms with Gasteiger partial charge in [-0.1, -0.05) is 6.92 Å². The summed E-state index contributed by atoms with van der Waals surface area (Å²) < 4.78 is 5.36. The molecule has 1 rings (SSSR count). The number of aliphatic hydroxyl groups is 1. The quantitative estimate of drug-likeness (QED) is 0.653. The van der Waals surface area contributed by atoms with Crippen LogP contribution < -0.4 is 0 Å². The molecular weight excluding hydrogens is 154 g/mol. The van der Waals surface area contributed by atoms with Gasteiger partial charge in [-0.15, -0.1) is 0 Å². The van der Waals surface area contributed by atoms with Crippen LogP contribution in [0.2, 0.25) is 0 Å². The predicted molar refractivity (Wildman–Crippen MR) is 48.1 cm³/mol. The van der Waals surface area contributed by atoms with Crippen molar-refractivity contribution in [3.8, 4) is 0 Å². The van der Waals surface area contributed by atoms with Gasteiger partial charge in [-0.05, 0) is 13.5 Å². The van der Waals surface area contributed by atoms with Crippen molar-refractivity contribution in [1.29, 1.82) is 0 Å². The van der Waals surface area contributed by atoms with Crippen LogP contribution in [0.25, 0.3) is 0 Å². The predicted octanol–water partition coefficient (Wildman–Crippen LogP) is 0.336. The first kappa shape index (κ1) is 9.96. The van der Waals surface area contributed by atoms with E-state index in [9.17, 15) is 5.11 Å². The Morgan fingerprint density at radius 3 is 2.83 bits per heavy atom. The summed E-state index contributed by atoms with van der Waals surface area (Å²) in [6.45, 7) is 4.27. The number of hydrogen-bond donors (Lipinski definition) is 1. The normalized spacial score (nSPS) is 38.5. The van der Waals surface area contributed by atoms with E-state index in [4.69, 9.17) is 4.74 Å². The molecule has 0 radical (unpaired) electrons. The second-order valence-corrected chi connectivity index (χ2v) is 4.06. The molecule has 3 nitrogen and oxygen atoms in total. The van der Waals surface area contributed by atoms with Crippen LogP contribution in [0.4, 0.5) is 0 Å². The van der Waals surface area contributed by atoms with Gasteiger partial charge in [0, 0.05) is 25.6 Å². The Balaban J connectivity index is 2.63. The van der Waals surface area contributed by atoms with Crippen LogP contribution >= 0.6 is 0 Å². The van der Waals surface area contributed by atoms with Crippen LogP contribution in [0.5, 0.6) is 0 Å². The molecule has 1 aliphatic rings. The van der Waals surface area contributed by atoms with Crippen LogP contribution in [-0.2, 0) is 4.74 Å². The Morgan fingerprint density at radius 2 is 2.33 bits per heavy atom. The average molecular weight is 173 g/mol. The SMILES string of the molecule is CO[C@H]1CCN(C)C[C@@]1(C)CO. The smallest absolute Gasteiger partial charge is 0.0671 e.